The first kappa shape index (κ1) is 12.6. The predicted molar refractivity (Wildman–Crippen MR) is 71.4 cm³/mol. The van der Waals surface area contributed by atoms with Gasteiger partial charge in [0.25, 0.3) is 0 Å². The van der Waals surface area contributed by atoms with Gasteiger partial charge in [-0.05, 0) is 52.0 Å². The normalized spacial score (nSPS) is 26.0. The van der Waals surface area contributed by atoms with Gasteiger partial charge in [0, 0.05) is 4.91 Å². The number of hydrogen-bond donors (Lipinski definition) is 0. The Labute approximate surface area is 104 Å². The Morgan fingerprint density at radius 1 is 1.06 bits per heavy atom. The van der Waals surface area contributed by atoms with Crippen LogP contribution < -0.4 is 0 Å². The minimum atomic E-state index is -3.06. The lowest BCUT2D eigenvalue weighted by Crippen LogP contribution is -2.25. The Morgan fingerprint density at radius 2 is 1.82 bits per heavy atom. The van der Waals surface area contributed by atoms with Crippen molar-refractivity contribution in [3.05, 3.63) is 34.3 Å². The Balaban J connectivity index is 2.20. The lowest BCUT2D eigenvalue weighted by Gasteiger charge is -2.23. The van der Waals surface area contributed by atoms with Crippen molar-refractivity contribution in [1.29, 1.82) is 0 Å². The van der Waals surface area contributed by atoms with Crippen molar-refractivity contribution in [3.63, 3.8) is 0 Å². The summed E-state index contributed by atoms with van der Waals surface area (Å²) >= 11 is 0. The van der Waals surface area contributed by atoms with Gasteiger partial charge in [0.2, 0.25) is 0 Å². The van der Waals surface area contributed by atoms with E-state index in [0.29, 0.717) is 17.7 Å². The molecule has 1 atom stereocenters. The summed E-state index contributed by atoms with van der Waals surface area (Å²) in [4.78, 5) is 0.640. The maximum atomic E-state index is 12.4. The zero-order valence-electron chi connectivity index (χ0n) is 10.6. The SMILES string of the molecule is CC1=CC=C(S(=O)(=O)C2CC=C(C)CC2)CC1. The van der Waals surface area contributed by atoms with Gasteiger partial charge in [-0.15, -0.1) is 0 Å². The topological polar surface area (TPSA) is 34.1 Å². The molecule has 0 spiro atoms. The second kappa shape index (κ2) is 4.81. The van der Waals surface area contributed by atoms with E-state index in [2.05, 4.69) is 13.0 Å². The zero-order valence-corrected chi connectivity index (χ0v) is 11.4. The van der Waals surface area contributed by atoms with Crippen LogP contribution in [0.25, 0.3) is 0 Å². The van der Waals surface area contributed by atoms with Crippen molar-refractivity contribution >= 4 is 9.84 Å². The molecule has 1 unspecified atom stereocenters. The predicted octanol–water partition coefficient (Wildman–Crippen LogP) is 3.52. The van der Waals surface area contributed by atoms with Crippen LogP contribution in [0.1, 0.15) is 46.0 Å². The molecule has 0 aromatic carbocycles. The van der Waals surface area contributed by atoms with Crippen LogP contribution in [0.4, 0.5) is 0 Å². The van der Waals surface area contributed by atoms with E-state index in [0.717, 1.165) is 19.3 Å². The summed E-state index contributed by atoms with van der Waals surface area (Å²) in [5.74, 6) is 0. The van der Waals surface area contributed by atoms with Gasteiger partial charge < -0.3 is 0 Å². The van der Waals surface area contributed by atoms with E-state index in [1.807, 2.05) is 13.0 Å². The van der Waals surface area contributed by atoms with Gasteiger partial charge in [-0.25, -0.2) is 8.42 Å². The maximum absolute atomic E-state index is 12.4. The molecule has 17 heavy (non-hydrogen) atoms. The van der Waals surface area contributed by atoms with E-state index in [9.17, 15) is 8.42 Å². The van der Waals surface area contributed by atoms with E-state index in [4.69, 9.17) is 0 Å². The fraction of sp³-hybridized carbons (Fsp3) is 0.571. The molecule has 0 N–H and O–H groups in total. The van der Waals surface area contributed by atoms with Crippen LogP contribution in [0.2, 0.25) is 0 Å². The zero-order chi connectivity index (χ0) is 12.5. The highest BCUT2D eigenvalue weighted by Crippen LogP contribution is 2.31. The molecule has 2 nitrogen and oxygen atoms in total. The third-order valence-corrected chi connectivity index (χ3v) is 6.09. The van der Waals surface area contributed by atoms with Gasteiger partial charge in [-0.2, -0.15) is 0 Å². The molecular formula is C14H20O2S. The minimum Gasteiger partial charge on any atom is -0.224 e. The highest BCUT2D eigenvalue weighted by molar-refractivity contribution is 7.95. The molecule has 0 aromatic heterocycles. The second-order valence-corrected chi connectivity index (χ2v) is 7.42. The van der Waals surface area contributed by atoms with Crippen LogP contribution in [-0.4, -0.2) is 13.7 Å². The summed E-state index contributed by atoms with van der Waals surface area (Å²) in [7, 11) is -3.06. The molecule has 94 valence electrons. The quantitative estimate of drug-likeness (QED) is 0.705. The fourth-order valence-corrected chi connectivity index (χ4v) is 4.25. The lowest BCUT2D eigenvalue weighted by atomic mass is 10.0. The van der Waals surface area contributed by atoms with E-state index in [1.54, 1.807) is 6.08 Å². The van der Waals surface area contributed by atoms with E-state index in [-0.39, 0.29) is 5.25 Å². The molecule has 0 aromatic rings. The molecule has 0 amide bonds. The average molecular weight is 252 g/mol. The number of sulfone groups is 1. The highest BCUT2D eigenvalue weighted by atomic mass is 32.2. The number of hydrogen-bond acceptors (Lipinski definition) is 2. The third kappa shape index (κ3) is 2.71. The highest BCUT2D eigenvalue weighted by Gasteiger charge is 2.30. The molecule has 3 heteroatoms. The molecular weight excluding hydrogens is 232 g/mol. The van der Waals surface area contributed by atoms with Crippen LogP contribution in [0, 0.1) is 0 Å². The molecule has 0 fully saturated rings. The van der Waals surface area contributed by atoms with Crippen molar-refractivity contribution in [3.8, 4) is 0 Å². The molecule has 2 rings (SSSR count). The standard InChI is InChI=1S/C14H20O2S/c1-11-3-7-13(8-4-11)17(15,16)14-9-5-12(2)6-10-14/h3,5,7,14H,4,6,8-10H2,1-2H3. The Morgan fingerprint density at radius 3 is 2.35 bits per heavy atom. The van der Waals surface area contributed by atoms with E-state index in [1.165, 1.54) is 11.1 Å². The van der Waals surface area contributed by atoms with Gasteiger partial charge >= 0.3 is 0 Å². The molecule has 0 aliphatic heterocycles. The van der Waals surface area contributed by atoms with Gasteiger partial charge in [0.05, 0.1) is 5.25 Å². The van der Waals surface area contributed by atoms with E-state index < -0.39 is 9.84 Å². The Kier molecular flexibility index (Phi) is 3.57. The van der Waals surface area contributed by atoms with Gasteiger partial charge in [0.15, 0.2) is 9.84 Å². The minimum absolute atomic E-state index is 0.191. The van der Waals surface area contributed by atoms with Crippen molar-refractivity contribution in [2.24, 2.45) is 0 Å². The van der Waals surface area contributed by atoms with Crippen LogP contribution in [0.3, 0.4) is 0 Å². The Hall–Kier alpha value is -0.830. The summed E-state index contributed by atoms with van der Waals surface area (Å²) in [5, 5.41) is -0.191. The smallest absolute Gasteiger partial charge is 0.177 e. The summed E-state index contributed by atoms with van der Waals surface area (Å²) in [6.45, 7) is 4.13. The summed E-state index contributed by atoms with van der Waals surface area (Å²) < 4.78 is 24.9. The largest absolute Gasteiger partial charge is 0.224 e. The molecule has 0 saturated heterocycles. The van der Waals surface area contributed by atoms with E-state index >= 15 is 0 Å². The number of allylic oxidation sites excluding steroid dienone is 6. The number of rotatable bonds is 2. The summed E-state index contributed by atoms with van der Waals surface area (Å²) in [6, 6.07) is 0. The van der Waals surface area contributed by atoms with Crippen molar-refractivity contribution < 1.29 is 8.42 Å². The summed E-state index contributed by atoms with van der Waals surface area (Å²) in [5.41, 5.74) is 2.59. The summed E-state index contributed by atoms with van der Waals surface area (Å²) in [6.07, 6.45) is 9.79. The first-order valence-corrected chi connectivity index (χ1v) is 7.80. The van der Waals surface area contributed by atoms with Crippen LogP contribution in [-0.2, 0) is 9.84 Å². The van der Waals surface area contributed by atoms with Crippen LogP contribution >= 0.6 is 0 Å². The average Bonchev–Trinajstić information content (AvgIpc) is 2.30. The lowest BCUT2D eigenvalue weighted by molar-refractivity contribution is 0.569. The van der Waals surface area contributed by atoms with Gasteiger partial charge in [-0.3, -0.25) is 0 Å². The molecule has 0 heterocycles. The first-order valence-electron chi connectivity index (χ1n) is 6.26. The molecule has 0 bridgehead atoms. The van der Waals surface area contributed by atoms with Gasteiger partial charge in [0.1, 0.15) is 0 Å². The first-order chi connectivity index (χ1) is 8.00. The molecule has 0 saturated carbocycles. The van der Waals surface area contributed by atoms with Crippen molar-refractivity contribution in [1.82, 2.24) is 0 Å². The van der Waals surface area contributed by atoms with Crippen molar-refractivity contribution in [2.75, 3.05) is 0 Å². The molecule has 2 aliphatic carbocycles. The van der Waals surface area contributed by atoms with Gasteiger partial charge in [-0.1, -0.05) is 23.3 Å². The Bertz CT molecular complexity index is 492. The van der Waals surface area contributed by atoms with Crippen LogP contribution in [0.15, 0.2) is 34.3 Å². The molecule has 2 aliphatic rings. The third-order valence-electron chi connectivity index (χ3n) is 3.71. The second-order valence-electron chi connectivity index (χ2n) is 5.14. The van der Waals surface area contributed by atoms with Crippen molar-refractivity contribution in [2.45, 2.75) is 51.2 Å². The van der Waals surface area contributed by atoms with Crippen LogP contribution in [0.5, 0.6) is 0 Å². The maximum Gasteiger partial charge on any atom is 0.177 e. The fourth-order valence-electron chi connectivity index (χ4n) is 2.40. The molecule has 0 radical (unpaired) electrons. The monoisotopic (exact) mass is 252 g/mol.